The van der Waals surface area contributed by atoms with Gasteiger partial charge in [-0.2, -0.15) is 0 Å². The molecular formula is C26H25NO3. The van der Waals surface area contributed by atoms with Crippen LogP contribution < -0.4 is 14.8 Å². The molecular weight excluding hydrogens is 374 g/mol. The van der Waals surface area contributed by atoms with E-state index >= 15 is 0 Å². The van der Waals surface area contributed by atoms with Crippen LogP contribution in [0.2, 0.25) is 0 Å². The molecule has 4 rings (SSSR count). The molecule has 1 heterocycles. The van der Waals surface area contributed by atoms with Gasteiger partial charge in [-0.05, 0) is 42.3 Å². The van der Waals surface area contributed by atoms with E-state index in [1.165, 1.54) is 0 Å². The molecule has 1 atom stereocenters. The van der Waals surface area contributed by atoms with Gasteiger partial charge in [0.25, 0.3) is 5.91 Å². The van der Waals surface area contributed by atoms with Crippen LogP contribution in [0.4, 0.5) is 0 Å². The van der Waals surface area contributed by atoms with Crippen molar-refractivity contribution in [3.05, 3.63) is 95.6 Å². The van der Waals surface area contributed by atoms with Gasteiger partial charge in [0.2, 0.25) is 0 Å². The average molecular weight is 399 g/mol. The van der Waals surface area contributed by atoms with Crippen molar-refractivity contribution in [1.82, 2.24) is 5.32 Å². The van der Waals surface area contributed by atoms with Crippen LogP contribution in [0.3, 0.4) is 0 Å². The third kappa shape index (κ3) is 4.54. The Bertz CT molecular complexity index is 1030. The number of carbonyl (C=O) groups excluding carboxylic acids is 1. The van der Waals surface area contributed by atoms with E-state index in [0.29, 0.717) is 18.8 Å². The first-order valence-electron chi connectivity index (χ1n) is 10.3. The second kappa shape index (κ2) is 9.31. The second-order valence-electron chi connectivity index (χ2n) is 7.13. The summed E-state index contributed by atoms with van der Waals surface area (Å²) in [6.07, 6.45) is 2.67. The SMILES string of the molecule is CCOc1ccc(/C=C(/C(=O)NC2CCOc3ccccc32)c2ccccc2)cc1. The summed E-state index contributed by atoms with van der Waals surface area (Å²) in [5.74, 6) is 1.56. The molecule has 0 saturated heterocycles. The predicted molar refractivity (Wildman–Crippen MR) is 119 cm³/mol. The van der Waals surface area contributed by atoms with Gasteiger partial charge in [-0.25, -0.2) is 0 Å². The smallest absolute Gasteiger partial charge is 0.252 e. The lowest BCUT2D eigenvalue weighted by molar-refractivity contribution is -0.116. The molecule has 3 aromatic rings. The van der Waals surface area contributed by atoms with Gasteiger partial charge in [0.05, 0.1) is 19.3 Å². The highest BCUT2D eigenvalue weighted by Gasteiger charge is 2.24. The molecule has 3 aromatic carbocycles. The Morgan fingerprint density at radius 2 is 1.77 bits per heavy atom. The highest BCUT2D eigenvalue weighted by Crippen LogP contribution is 2.32. The van der Waals surface area contributed by atoms with Gasteiger partial charge in [-0.3, -0.25) is 4.79 Å². The molecule has 1 unspecified atom stereocenters. The Morgan fingerprint density at radius 1 is 1.03 bits per heavy atom. The third-order valence-electron chi connectivity index (χ3n) is 5.10. The first kappa shape index (κ1) is 19.8. The Morgan fingerprint density at radius 3 is 2.53 bits per heavy atom. The first-order valence-corrected chi connectivity index (χ1v) is 10.3. The number of hydrogen-bond donors (Lipinski definition) is 1. The number of nitrogens with one attached hydrogen (secondary N) is 1. The Balaban J connectivity index is 1.63. The molecule has 4 heteroatoms. The summed E-state index contributed by atoms with van der Waals surface area (Å²) < 4.78 is 11.2. The molecule has 1 aliphatic heterocycles. The molecule has 152 valence electrons. The fourth-order valence-corrected chi connectivity index (χ4v) is 3.62. The number of rotatable bonds is 6. The highest BCUT2D eigenvalue weighted by molar-refractivity contribution is 6.24. The van der Waals surface area contributed by atoms with Crippen LogP contribution in [-0.4, -0.2) is 19.1 Å². The first-order chi connectivity index (χ1) is 14.7. The van der Waals surface area contributed by atoms with Crippen molar-refractivity contribution in [3.63, 3.8) is 0 Å². The topological polar surface area (TPSA) is 47.6 Å². The van der Waals surface area contributed by atoms with E-state index in [1.807, 2.05) is 91.9 Å². The Kier molecular flexibility index (Phi) is 6.14. The van der Waals surface area contributed by atoms with Crippen molar-refractivity contribution in [3.8, 4) is 11.5 Å². The number of ether oxygens (including phenoxy) is 2. The van der Waals surface area contributed by atoms with Crippen LogP contribution in [0, 0.1) is 0 Å². The number of amides is 1. The zero-order valence-electron chi connectivity index (χ0n) is 17.0. The van der Waals surface area contributed by atoms with E-state index < -0.39 is 0 Å². The minimum absolute atomic E-state index is 0.0742. The van der Waals surface area contributed by atoms with Crippen LogP contribution in [0.15, 0.2) is 78.9 Å². The van der Waals surface area contributed by atoms with E-state index in [9.17, 15) is 4.79 Å². The van der Waals surface area contributed by atoms with Gasteiger partial charge in [0.15, 0.2) is 0 Å². The number of carbonyl (C=O) groups is 1. The van der Waals surface area contributed by atoms with E-state index in [0.717, 1.165) is 34.6 Å². The molecule has 0 aliphatic carbocycles. The monoisotopic (exact) mass is 399 g/mol. The molecule has 30 heavy (non-hydrogen) atoms. The number of hydrogen-bond acceptors (Lipinski definition) is 3. The maximum Gasteiger partial charge on any atom is 0.252 e. The molecule has 4 nitrogen and oxygen atoms in total. The van der Waals surface area contributed by atoms with E-state index in [2.05, 4.69) is 5.32 Å². The molecule has 0 spiro atoms. The molecule has 0 radical (unpaired) electrons. The fourth-order valence-electron chi connectivity index (χ4n) is 3.62. The standard InChI is InChI=1S/C26H25NO3/c1-2-29-21-14-12-19(13-15-21)18-23(20-8-4-3-5-9-20)26(28)27-24-16-17-30-25-11-7-6-10-22(24)25/h3-15,18,24H,2,16-17H2,1H3,(H,27,28)/b23-18+. The van der Waals surface area contributed by atoms with E-state index in [-0.39, 0.29) is 11.9 Å². The molecule has 0 aromatic heterocycles. The van der Waals surface area contributed by atoms with Crippen molar-refractivity contribution < 1.29 is 14.3 Å². The van der Waals surface area contributed by atoms with Crippen molar-refractivity contribution in [2.24, 2.45) is 0 Å². The summed E-state index contributed by atoms with van der Waals surface area (Å²) in [5.41, 5.74) is 3.47. The van der Waals surface area contributed by atoms with Crippen LogP contribution in [0.1, 0.15) is 36.1 Å². The molecule has 0 saturated carbocycles. The largest absolute Gasteiger partial charge is 0.494 e. The van der Waals surface area contributed by atoms with E-state index in [4.69, 9.17) is 9.47 Å². The van der Waals surface area contributed by atoms with Crippen molar-refractivity contribution >= 4 is 17.6 Å². The van der Waals surface area contributed by atoms with Gasteiger partial charge >= 0.3 is 0 Å². The average Bonchev–Trinajstić information content (AvgIpc) is 2.79. The van der Waals surface area contributed by atoms with Crippen LogP contribution in [-0.2, 0) is 4.79 Å². The minimum atomic E-state index is -0.100. The van der Waals surface area contributed by atoms with Gasteiger partial charge in [0.1, 0.15) is 11.5 Å². The number of para-hydroxylation sites is 1. The predicted octanol–water partition coefficient (Wildman–Crippen LogP) is 5.27. The molecule has 1 N–H and O–H groups in total. The normalized spacial score (nSPS) is 15.6. The van der Waals surface area contributed by atoms with Crippen LogP contribution in [0.5, 0.6) is 11.5 Å². The van der Waals surface area contributed by atoms with E-state index in [1.54, 1.807) is 0 Å². The van der Waals surface area contributed by atoms with Crippen molar-refractivity contribution in [1.29, 1.82) is 0 Å². The van der Waals surface area contributed by atoms with Gasteiger partial charge in [-0.1, -0.05) is 60.7 Å². The van der Waals surface area contributed by atoms with Gasteiger partial charge in [0, 0.05) is 17.6 Å². The molecule has 0 bridgehead atoms. The molecule has 0 fully saturated rings. The summed E-state index contributed by atoms with van der Waals surface area (Å²) in [5, 5.41) is 3.21. The summed E-state index contributed by atoms with van der Waals surface area (Å²) >= 11 is 0. The maximum absolute atomic E-state index is 13.4. The lowest BCUT2D eigenvalue weighted by Crippen LogP contribution is -2.32. The lowest BCUT2D eigenvalue weighted by atomic mass is 9.98. The zero-order chi connectivity index (χ0) is 20.8. The summed E-state index contributed by atoms with van der Waals surface area (Å²) in [6, 6.07) is 25.3. The molecule has 1 aliphatic rings. The van der Waals surface area contributed by atoms with Gasteiger partial charge in [-0.15, -0.1) is 0 Å². The maximum atomic E-state index is 13.4. The Labute approximate surface area is 177 Å². The Hall–Kier alpha value is -3.53. The second-order valence-corrected chi connectivity index (χ2v) is 7.13. The zero-order valence-corrected chi connectivity index (χ0v) is 17.0. The van der Waals surface area contributed by atoms with Crippen molar-refractivity contribution in [2.75, 3.05) is 13.2 Å². The quantitative estimate of drug-likeness (QED) is 0.454. The van der Waals surface area contributed by atoms with Crippen LogP contribution >= 0.6 is 0 Å². The summed E-state index contributed by atoms with van der Waals surface area (Å²) in [7, 11) is 0. The summed E-state index contributed by atoms with van der Waals surface area (Å²) in [4.78, 5) is 13.4. The highest BCUT2D eigenvalue weighted by atomic mass is 16.5. The van der Waals surface area contributed by atoms with Gasteiger partial charge < -0.3 is 14.8 Å². The fraction of sp³-hybridized carbons (Fsp3) is 0.192. The summed E-state index contributed by atoms with van der Waals surface area (Å²) in [6.45, 7) is 3.17. The minimum Gasteiger partial charge on any atom is -0.494 e. The lowest BCUT2D eigenvalue weighted by Gasteiger charge is -2.27. The van der Waals surface area contributed by atoms with Crippen LogP contribution in [0.25, 0.3) is 11.6 Å². The third-order valence-corrected chi connectivity index (χ3v) is 5.10. The number of benzene rings is 3. The number of fused-ring (bicyclic) bond motifs is 1. The molecule has 1 amide bonds. The van der Waals surface area contributed by atoms with Crippen molar-refractivity contribution in [2.45, 2.75) is 19.4 Å².